The van der Waals surface area contributed by atoms with Gasteiger partial charge in [0.25, 0.3) is 0 Å². The van der Waals surface area contributed by atoms with Gasteiger partial charge < -0.3 is 18.8 Å². The van der Waals surface area contributed by atoms with Gasteiger partial charge in [0.05, 0.1) is 24.8 Å². The molecule has 188 valence electrons. The monoisotopic (exact) mass is 484 g/mol. The number of methoxy groups -OCH3 is 1. The first kappa shape index (κ1) is 25.4. The van der Waals surface area contributed by atoms with Gasteiger partial charge in [-0.25, -0.2) is 4.98 Å². The maximum absolute atomic E-state index is 6.17. The number of aromatic nitrogens is 2. The Balaban J connectivity index is 1.41. The number of rotatable bonds is 13. The van der Waals surface area contributed by atoms with E-state index in [1.54, 1.807) is 7.11 Å². The molecular weight excluding hydrogens is 448 g/mol. The fourth-order valence-electron chi connectivity index (χ4n) is 4.29. The zero-order valence-corrected chi connectivity index (χ0v) is 21.6. The predicted octanol–water partition coefficient (Wildman–Crippen LogP) is 7.34. The number of ether oxygens (including phenoxy) is 3. The standard InChI is InChI=1S/C31H36N2O3/c1-5-10-24-13-18-29(30(21-24)34-4)36-22-31-32-27-11-7-8-12-28(27)33(31)19-9-20-35-26-16-14-25(15-17-26)23(3)6-2/h5,7-8,11-18,21,23H,1,6,9-10,19-20,22H2,2-4H3. The summed E-state index contributed by atoms with van der Waals surface area (Å²) in [5.41, 5.74) is 4.55. The molecule has 0 amide bonds. The molecule has 1 atom stereocenters. The van der Waals surface area contributed by atoms with E-state index in [2.05, 4.69) is 55.3 Å². The molecule has 0 fully saturated rings. The van der Waals surface area contributed by atoms with Gasteiger partial charge in [-0.3, -0.25) is 0 Å². The molecule has 3 aromatic carbocycles. The minimum Gasteiger partial charge on any atom is -0.494 e. The summed E-state index contributed by atoms with van der Waals surface area (Å²) in [6.07, 6.45) is 4.67. The molecule has 1 heterocycles. The van der Waals surface area contributed by atoms with Crippen molar-refractivity contribution in [2.45, 2.75) is 52.2 Å². The lowest BCUT2D eigenvalue weighted by atomic mass is 9.99. The molecule has 0 spiro atoms. The van der Waals surface area contributed by atoms with Gasteiger partial charge in [0, 0.05) is 6.54 Å². The molecule has 0 saturated heterocycles. The fourth-order valence-corrected chi connectivity index (χ4v) is 4.29. The summed E-state index contributed by atoms with van der Waals surface area (Å²) in [5.74, 6) is 3.77. The molecule has 0 aliphatic rings. The molecule has 5 nitrogen and oxygen atoms in total. The number of allylic oxidation sites excluding steroid dienone is 1. The van der Waals surface area contributed by atoms with Crippen molar-refractivity contribution in [2.75, 3.05) is 13.7 Å². The van der Waals surface area contributed by atoms with E-state index in [9.17, 15) is 0 Å². The largest absolute Gasteiger partial charge is 0.494 e. The number of para-hydroxylation sites is 2. The zero-order valence-electron chi connectivity index (χ0n) is 21.6. The maximum atomic E-state index is 6.17. The highest BCUT2D eigenvalue weighted by Gasteiger charge is 2.13. The highest BCUT2D eigenvalue weighted by Crippen LogP contribution is 2.29. The van der Waals surface area contributed by atoms with E-state index in [1.807, 2.05) is 42.5 Å². The van der Waals surface area contributed by atoms with Crippen molar-refractivity contribution in [3.8, 4) is 17.2 Å². The number of benzene rings is 3. The Labute approximate surface area is 214 Å². The fraction of sp³-hybridized carbons (Fsp3) is 0.323. The molecule has 0 bridgehead atoms. The van der Waals surface area contributed by atoms with E-state index in [-0.39, 0.29) is 0 Å². The Morgan fingerprint density at radius 1 is 1.00 bits per heavy atom. The molecule has 1 aromatic heterocycles. The number of hydrogen-bond donors (Lipinski definition) is 0. The van der Waals surface area contributed by atoms with Crippen LogP contribution in [0.25, 0.3) is 11.0 Å². The van der Waals surface area contributed by atoms with E-state index in [4.69, 9.17) is 19.2 Å². The van der Waals surface area contributed by atoms with Gasteiger partial charge in [0.2, 0.25) is 0 Å². The zero-order chi connectivity index (χ0) is 25.3. The quantitative estimate of drug-likeness (QED) is 0.147. The molecular formula is C31H36N2O3. The molecule has 0 aliphatic carbocycles. The van der Waals surface area contributed by atoms with Crippen LogP contribution in [0.15, 0.2) is 79.4 Å². The molecule has 36 heavy (non-hydrogen) atoms. The molecule has 0 N–H and O–H groups in total. The predicted molar refractivity (Wildman–Crippen MR) is 146 cm³/mol. The normalized spacial score (nSPS) is 11.9. The molecule has 1 unspecified atom stereocenters. The van der Waals surface area contributed by atoms with E-state index < -0.39 is 0 Å². The van der Waals surface area contributed by atoms with Crippen LogP contribution in [0.2, 0.25) is 0 Å². The van der Waals surface area contributed by atoms with Crippen molar-refractivity contribution < 1.29 is 14.2 Å². The summed E-state index contributed by atoms with van der Waals surface area (Å²) < 4.78 is 20.0. The first-order valence-electron chi connectivity index (χ1n) is 12.7. The highest BCUT2D eigenvalue weighted by atomic mass is 16.5. The van der Waals surface area contributed by atoms with Crippen molar-refractivity contribution >= 4 is 11.0 Å². The second-order valence-corrected chi connectivity index (χ2v) is 9.02. The number of nitrogens with zero attached hydrogens (tertiary/aromatic N) is 2. The number of hydrogen-bond acceptors (Lipinski definition) is 4. The molecule has 5 heteroatoms. The van der Waals surface area contributed by atoms with Gasteiger partial charge in [-0.1, -0.05) is 50.3 Å². The van der Waals surface area contributed by atoms with Gasteiger partial charge in [0.15, 0.2) is 11.5 Å². The van der Waals surface area contributed by atoms with Gasteiger partial charge in [-0.05, 0) is 72.7 Å². The second kappa shape index (κ2) is 12.3. The first-order valence-corrected chi connectivity index (χ1v) is 12.7. The molecule has 0 radical (unpaired) electrons. The van der Waals surface area contributed by atoms with Crippen LogP contribution in [0.3, 0.4) is 0 Å². The van der Waals surface area contributed by atoms with Crippen LogP contribution in [0.5, 0.6) is 17.2 Å². The number of aryl methyl sites for hydroxylation is 1. The van der Waals surface area contributed by atoms with Crippen LogP contribution in [0.1, 0.15) is 49.6 Å². The van der Waals surface area contributed by atoms with Crippen LogP contribution < -0.4 is 14.2 Å². The Kier molecular flexibility index (Phi) is 8.66. The number of fused-ring (bicyclic) bond motifs is 1. The van der Waals surface area contributed by atoms with Crippen molar-refractivity contribution in [1.82, 2.24) is 9.55 Å². The van der Waals surface area contributed by atoms with Crippen LogP contribution in [0, 0.1) is 0 Å². The summed E-state index contributed by atoms with van der Waals surface area (Å²) in [6.45, 7) is 10.0. The van der Waals surface area contributed by atoms with Crippen LogP contribution in [0.4, 0.5) is 0 Å². The van der Waals surface area contributed by atoms with Gasteiger partial charge >= 0.3 is 0 Å². The lowest BCUT2D eigenvalue weighted by Gasteiger charge is -2.14. The summed E-state index contributed by atoms with van der Waals surface area (Å²) in [6, 6.07) is 22.6. The molecule has 4 rings (SSSR count). The second-order valence-electron chi connectivity index (χ2n) is 9.02. The summed E-state index contributed by atoms with van der Waals surface area (Å²) in [4.78, 5) is 4.84. The van der Waals surface area contributed by atoms with Gasteiger partial charge in [-0.2, -0.15) is 0 Å². The Bertz CT molecular complexity index is 1280. The third-order valence-electron chi connectivity index (χ3n) is 6.55. The summed E-state index contributed by atoms with van der Waals surface area (Å²) >= 11 is 0. The van der Waals surface area contributed by atoms with Crippen LogP contribution in [-0.2, 0) is 19.6 Å². The lowest BCUT2D eigenvalue weighted by molar-refractivity contribution is 0.267. The van der Waals surface area contributed by atoms with Crippen molar-refractivity contribution in [3.63, 3.8) is 0 Å². The minimum absolute atomic E-state index is 0.351. The maximum Gasteiger partial charge on any atom is 0.161 e. The molecule has 0 aliphatic heterocycles. The molecule has 0 saturated carbocycles. The third-order valence-corrected chi connectivity index (χ3v) is 6.55. The average Bonchev–Trinajstić information content (AvgIpc) is 3.27. The van der Waals surface area contributed by atoms with Gasteiger partial charge in [-0.15, -0.1) is 6.58 Å². The van der Waals surface area contributed by atoms with Gasteiger partial charge in [0.1, 0.15) is 18.2 Å². The topological polar surface area (TPSA) is 45.5 Å². The molecule has 4 aromatic rings. The Morgan fingerprint density at radius 2 is 1.81 bits per heavy atom. The third kappa shape index (κ3) is 6.09. The summed E-state index contributed by atoms with van der Waals surface area (Å²) in [5, 5.41) is 0. The van der Waals surface area contributed by atoms with Crippen molar-refractivity contribution in [2.24, 2.45) is 0 Å². The van der Waals surface area contributed by atoms with Crippen molar-refractivity contribution in [3.05, 3.63) is 96.3 Å². The number of imidazole rings is 1. The average molecular weight is 485 g/mol. The van der Waals surface area contributed by atoms with E-state index in [0.717, 1.165) is 54.0 Å². The first-order chi connectivity index (χ1) is 17.6. The minimum atomic E-state index is 0.351. The lowest BCUT2D eigenvalue weighted by Crippen LogP contribution is -2.10. The Hall–Kier alpha value is -3.73. The van der Waals surface area contributed by atoms with Crippen LogP contribution >= 0.6 is 0 Å². The highest BCUT2D eigenvalue weighted by molar-refractivity contribution is 5.75. The van der Waals surface area contributed by atoms with Crippen LogP contribution in [-0.4, -0.2) is 23.3 Å². The van der Waals surface area contributed by atoms with E-state index >= 15 is 0 Å². The van der Waals surface area contributed by atoms with E-state index in [0.29, 0.717) is 30.6 Å². The summed E-state index contributed by atoms with van der Waals surface area (Å²) in [7, 11) is 1.66. The smallest absolute Gasteiger partial charge is 0.161 e. The van der Waals surface area contributed by atoms with E-state index in [1.165, 1.54) is 5.56 Å². The Morgan fingerprint density at radius 3 is 2.56 bits per heavy atom. The van der Waals surface area contributed by atoms with Crippen molar-refractivity contribution in [1.29, 1.82) is 0 Å². The SMILES string of the molecule is C=CCc1ccc(OCc2nc3ccccc3n2CCCOc2ccc(C(C)CC)cc2)c(OC)c1.